The number of rotatable bonds is 10. The first-order valence-electron chi connectivity index (χ1n) is 17.3. The lowest BCUT2D eigenvalue weighted by atomic mass is 10.2. The maximum absolute atomic E-state index is 12.1. The largest absolute Gasteiger partial charge is 0.412 e. The number of amides is 2. The summed E-state index contributed by atoms with van der Waals surface area (Å²) < 4.78 is 0. The lowest BCUT2D eigenvalue weighted by Gasteiger charge is -2.35. The number of aryl methyl sites for hydroxylation is 2. The number of nitrogen functional groups attached to an aromatic ring is 2. The number of carbonyl (C=O) groups excluding carboxylic acids is 2. The predicted molar refractivity (Wildman–Crippen MR) is 205 cm³/mol. The second kappa shape index (κ2) is 19.2. The van der Waals surface area contributed by atoms with E-state index in [-0.39, 0.29) is 17.3 Å². The summed E-state index contributed by atoms with van der Waals surface area (Å²) in [7, 11) is 0. The molecule has 0 atom stereocenters. The molecular weight excluding hydrogens is 644 g/mol. The first-order chi connectivity index (χ1) is 24.2. The van der Waals surface area contributed by atoms with Gasteiger partial charge in [0, 0.05) is 112 Å². The third kappa shape index (κ3) is 11.9. The minimum absolute atomic E-state index is 0. The summed E-state index contributed by atoms with van der Waals surface area (Å²) in [5.74, 6) is 2.00. The zero-order valence-electron chi connectivity index (χ0n) is 29.7. The van der Waals surface area contributed by atoms with Gasteiger partial charge in [-0.3, -0.25) is 19.4 Å². The van der Waals surface area contributed by atoms with Crippen LogP contribution in [0, 0.1) is 13.8 Å². The SMILES string of the molecule is Cc1cccc(N2CCN(CCNC(=O)c3ccc(N)cc3)CC2)n1.Cc1cccc(N2CCN(CCNC(=O)c3ccc(N)cc3)CC2)n1.O. The summed E-state index contributed by atoms with van der Waals surface area (Å²) in [6, 6.07) is 26.2. The number of anilines is 4. The molecule has 272 valence electrons. The van der Waals surface area contributed by atoms with Crippen LogP contribution in [0.5, 0.6) is 0 Å². The lowest BCUT2D eigenvalue weighted by Crippen LogP contribution is -2.48. The normalized spacial score (nSPS) is 14.9. The molecule has 0 aliphatic carbocycles. The predicted octanol–water partition coefficient (Wildman–Crippen LogP) is 2.22. The summed E-state index contributed by atoms with van der Waals surface area (Å²) in [4.78, 5) is 42.7. The highest BCUT2D eigenvalue weighted by Crippen LogP contribution is 2.15. The van der Waals surface area contributed by atoms with Crippen molar-refractivity contribution in [3.05, 3.63) is 107 Å². The van der Waals surface area contributed by atoms with Crippen molar-refractivity contribution in [2.24, 2.45) is 0 Å². The van der Waals surface area contributed by atoms with E-state index in [2.05, 4.69) is 64.5 Å². The van der Waals surface area contributed by atoms with E-state index in [1.54, 1.807) is 48.5 Å². The lowest BCUT2D eigenvalue weighted by molar-refractivity contribution is 0.0939. The van der Waals surface area contributed by atoms with Crippen LogP contribution in [-0.2, 0) is 0 Å². The van der Waals surface area contributed by atoms with Crippen molar-refractivity contribution < 1.29 is 15.1 Å². The molecule has 51 heavy (non-hydrogen) atoms. The van der Waals surface area contributed by atoms with E-state index in [4.69, 9.17) is 11.5 Å². The molecule has 0 radical (unpaired) electrons. The topological polar surface area (TPSA) is 180 Å². The highest BCUT2D eigenvalue weighted by molar-refractivity contribution is 5.95. The van der Waals surface area contributed by atoms with Crippen molar-refractivity contribution in [3.63, 3.8) is 0 Å². The number of benzene rings is 2. The number of hydrogen-bond donors (Lipinski definition) is 4. The third-order valence-corrected chi connectivity index (χ3v) is 8.91. The standard InChI is InChI=1S/2C19H25N5O.H2O/c2*1-15-3-2-4-18(22-15)24-13-11-23(12-14-24)10-9-21-19(25)16-5-7-17(20)8-6-16;/h2*2-8H,9-14,20H2,1H3,(H,21,25);1H2. The molecule has 0 saturated carbocycles. The Labute approximate surface area is 300 Å². The van der Waals surface area contributed by atoms with Gasteiger partial charge in [0.2, 0.25) is 0 Å². The molecule has 6 rings (SSSR count). The number of nitrogens with one attached hydrogen (secondary N) is 2. The van der Waals surface area contributed by atoms with Gasteiger partial charge in [0.25, 0.3) is 11.8 Å². The zero-order chi connectivity index (χ0) is 35.3. The van der Waals surface area contributed by atoms with Crippen LogP contribution in [0.25, 0.3) is 0 Å². The van der Waals surface area contributed by atoms with Crippen molar-refractivity contribution in [1.82, 2.24) is 30.4 Å². The van der Waals surface area contributed by atoms with Crippen LogP contribution in [0.15, 0.2) is 84.9 Å². The van der Waals surface area contributed by atoms with Crippen molar-refractivity contribution in [2.75, 3.05) is 99.8 Å². The maximum Gasteiger partial charge on any atom is 0.251 e. The Kier molecular flexibility index (Phi) is 14.5. The Morgan fingerprint density at radius 3 is 1.25 bits per heavy atom. The van der Waals surface area contributed by atoms with E-state index in [1.165, 1.54) is 0 Å². The number of carbonyl (C=O) groups is 2. The molecule has 2 aliphatic heterocycles. The van der Waals surface area contributed by atoms with Crippen LogP contribution in [-0.4, -0.2) is 116 Å². The maximum atomic E-state index is 12.1. The molecule has 8 N–H and O–H groups in total. The monoisotopic (exact) mass is 696 g/mol. The summed E-state index contributed by atoms with van der Waals surface area (Å²) in [5.41, 5.74) is 16.0. The van der Waals surface area contributed by atoms with E-state index in [0.29, 0.717) is 35.6 Å². The Morgan fingerprint density at radius 2 is 0.922 bits per heavy atom. The third-order valence-electron chi connectivity index (χ3n) is 8.91. The van der Waals surface area contributed by atoms with Gasteiger partial charge < -0.3 is 37.4 Å². The van der Waals surface area contributed by atoms with E-state index in [0.717, 1.165) is 88.5 Å². The highest BCUT2D eigenvalue weighted by Gasteiger charge is 2.19. The summed E-state index contributed by atoms with van der Waals surface area (Å²) in [6.45, 7) is 14.8. The van der Waals surface area contributed by atoms with E-state index in [1.807, 2.05) is 26.0 Å². The fourth-order valence-electron chi connectivity index (χ4n) is 5.94. The van der Waals surface area contributed by atoms with E-state index in [9.17, 15) is 9.59 Å². The fraction of sp³-hybridized carbons (Fsp3) is 0.368. The first-order valence-corrected chi connectivity index (χ1v) is 17.3. The Morgan fingerprint density at radius 1 is 0.569 bits per heavy atom. The number of hydrogen-bond acceptors (Lipinski definition) is 10. The van der Waals surface area contributed by atoms with Gasteiger partial charge in [-0.2, -0.15) is 0 Å². The van der Waals surface area contributed by atoms with Gasteiger partial charge in [0.1, 0.15) is 11.6 Å². The second-order valence-corrected chi connectivity index (χ2v) is 12.7. The minimum Gasteiger partial charge on any atom is -0.412 e. The van der Waals surface area contributed by atoms with Crippen LogP contribution in [0.2, 0.25) is 0 Å². The molecule has 2 aliphatic rings. The summed E-state index contributed by atoms with van der Waals surface area (Å²) in [6.07, 6.45) is 0. The molecule has 4 aromatic rings. The van der Waals surface area contributed by atoms with Crippen molar-refractivity contribution in [3.8, 4) is 0 Å². The summed E-state index contributed by atoms with van der Waals surface area (Å²) in [5, 5.41) is 5.94. The van der Waals surface area contributed by atoms with Gasteiger partial charge in [0.05, 0.1) is 0 Å². The number of aromatic nitrogens is 2. The molecule has 2 fully saturated rings. The van der Waals surface area contributed by atoms with Gasteiger partial charge in [-0.1, -0.05) is 12.1 Å². The number of pyridine rings is 2. The molecule has 0 bridgehead atoms. The van der Waals surface area contributed by atoms with Gasteiger partial charge in [-0.15, -0.1) is 0 Å². The van der Waals surface area contributed by atoms with Gasteiger partial charge in [-0.25, -0.2) is 9.97 Å². The number of nitrogens with two attached hydrogens (primary N) is 2. The molecule has 2 aromatic carbocycles. The highest BCUT2D eigenvalue weighted by atomic mass is 16.2. The van der Waals surface area contributed by atoms with Gasteiger partial charge >= 0.3 is 0 Å². The molecular formula is C38H52N10O3. The van der Waals surface area contributed by atoms with Crippen LogP contribution in [0.3, 0.4) is 0 Å². The molecule has 13 heteroatoms. The van der Waals surface area contributed by atoms with Crippen LogP contribution < -0.4 is 31.9 Å². The number of piperazine rings is 2. The molecule has 2 aromatic heterocycles. The molecule has 2 saturated heterocycles. The fourth-order valence-corrected chi connectivity index (χ4v) is 5.94. The number of nitrogens with zero attached hydrogens (tertiary/aromatic N) is 6. The molecule has 2 amide bonds. The van der Waals surface area contributed by atoms with E-state index < -0.39 is 0 Å². The minimum atomic E-state index is -0.0532. The van der Waals surface area contributed by atoms with Crippen LogP contribution >= 0.6 is 0 Å². The van der Waals surface area contributed by atoms with E-state index >= 15 is 0 Å². The van der Waals surface area contributed by atoms with Crippen molar-refractivity contribution in [2.45, 2.75) is 13.8 Å². The molecule has 0 spiro atoms. The zero-order valence-corrected chi connectivity index (χ0v) is 29.7. The molecule has 4 heterocycles. The van der Waals surface area contributed by atoms with Gasteiger partial charge in [0.15, 0.2) is 0 Å². The molecule has 0 unspecified atom stereocenters. The van der Waals surface area contributed by atoms with Crippen molar-refractivity contribution >= 4 is 34.8 Å². The first kappa shape index (κ1) is 38.6. The Balaban J connectivity index is 0.000000224. The van der Waals surface area contributed by atoms with Crippen LogP contribution in [0.4, 0.5) is 23.0 Å². The van der Waals surface area contributed by atoms with Crippen molar-refractivity contribution in [1.29, 1.82) is 0 Å². The molecule has 13 nitrogen and oxygen atoms in total. The average Bonchev–Trinajstić information content (AvgIpc) is 3.13. The Bertz CT molecular complexity index is 1550. The summed E-state index contributed by atoms with van der Waals surface area (Å²) >= 11 is 0. The van der Waals surface area contributed by atoms with Crippen LogP contribution in [0.1, 0.15) is 32.1 Å². The average molecular weight is 697 g/mol. The second-order valence-electron chi connectivity index (χ2n) is 12.7. The Hall–Kier alpha value is -5.24. The quantitative estimate of drug-likeness (QED) is 0.180. The van der Waals surface area contributed by atoms with Gasteiger partial charge in [-0.05, 0) is 86.6 Å². The smallest absolute Gasteiger partial charge is 0.251 e.